The van der Waals surface area contributed by atoms with Crippen molar-refractivity contribution in [1.82, 2.24) is 4.98 Å². The molecule has 1 aliphatic heterocycles. The van der Waals surface area contributed by atoms with Gasteiger partial charge in [0.2, 0.25) is 22.5 Å². The number of allylic oxidation sites excluding steroid dienone is 1. The first kappa shape index (κ1) is 24.8. The Morgan fingerprint density at radius 1 is 1.15 bits per heavy atom. The zero-order valence-electron chi connectivity index (χ0n) is 17.7. The maximum absolute atomic E-state index is 12.6. The monoisotopic (exact) mass is 499 g/mol. The number of pyridine rings is 1. The predicted molar refractivity (Wildman–Crippen MR) is 128 cm³/mol. The van der Waals surface area contributed by atoms with Crippen LogP contribution < -0.4 is 15.2 Å². The molecular weight excluding hydrogens is 482 g/mol. The fourth-order valence-electron chi connectivity index (χ4n) is 2.83. The summed E-state index contributed by atoms with van der Waals surface area (Å²) in [5.74, 6) is -1.68. The highest BCUT2D eigenvalue weighted by Crippen LogP contribution is 2.31. The van der Waals surface area contributed by atoms with Gasteiger partial charge in [0, 0.05) is 28.9 Å². The molecule has 0 saturated heterocycles. The topological polar surface area (TPSA) is 155 Å². The van der Waals surface area contributed by atoms with Crippen LogP contribution in [0.3, 0.4) is 0 Å². The van der Waals surface area contributed by atoms with Crippen LogP contribution in [0.1, 0.15) is 36.6 Å². The van der Waals surface area contributed by atoms with Crippen molar-refractivity contribution in [3.05, 3.63) is 93.0 Å². The first-order valence-electron chi connectivity index (χ1n) is 9.57. The molecule has 4 rings (SSSR count). The van der Waals surface area contributed by atoms with Crippen molar-refractivity contribution in [1.29, 1.82) is 0 Å². The van der Waals surface area contributed by atoms with Crippen molar-refractivity contribution < 1.29 is 28.8 Å². The van der Waals surface area contributed by atoms with Gasteiger partial charge in [-0.3, -0.25) is 9.59 Å². The number of aromatic carboxylic acids is 1. The second kappa shape index (κ2) is 10.8. The normalized spacial score (nSPS) is 15.4. The summed E-state index contributed by atoms with van der Waals surface area (Å²) in [7, 11) is 1.48. The van der Waals surface area contributed by atoms with Gasteiger partial charge in [0.25, 0.3) is 0 Å². The number of Topliss-reactive ketones (excluding diaryl/α,β-unsaturated/α-hetero) is 1. The second-order valence-electron chi connectivity index (χ2n) is 6.78. The number of ketones is 1. The van der Waals surface area contributed by atoms with Crippen molar-refractivity contribution in [3.8, 4) is 5.88 Å². The number of nitrogens with two attached hydrogens (primary N) is 1. The van der Waals surface area contributed by atoms with Gasteiger partial charge in [-0.25, -0.2) is 14.5 Å². The van der Waals surface area contributed by atoms with Crippen molar-refractivity contribution in [2.45, 2.75) is 0 Å². The summed E-state index contributed by atoms with van der Waals surface area (Å²) in [5.41, 5.74) is 6.62. The Hall–Kier alpha value is -3.86. The van der Waals surface area contributed by atoms with Gasteiger partial charge in [-0.15, -0.1) is 0 Å². The Morgan fingerprint density at radius 2 is 1.85 bits per heavy atom. The van der Waals surface area contributed by atoms with E-state index in [9.17, 15) is 18.9 Å². The lowest BCUT2D eigenvalue weighted by Gasteiger charge is -2.21. The molecule has 1 aromatic heterocycles. The van der Waals surface area contributed by atoms with E-state index in [4.69, 9.17) is 27.2 Å². The largest absolute Gasteiger partial charge is 0.588 e. The Labute approximate surface area is 202 Å². The van der Waals surface area contributed by atoms with Gasteiger partial charge in [0.1, 0.15) is 11.4 Å². The number of hydrogen-bond acceptors (Lipinski definition) is 7. The van der Waals surface area contributed by atoms with E-state index in [0.717, 1.165) is 0 Å². The third kappa shape index (κ3) is 5.93. The minimum absolute atomic E-state index is 0.00238. The molecule has 0 fully saturated rings. The van der Waals surface area contributed by atoms with Crippen LogP contribution in [-0.4, -0.2) is 39.4 Å². The Bertz CT molecular complexity index is 1280. The number of rotatable bonds is 4. The number of ether oxygens (including phenoxy) is 1. The number of methoxy groups -OCH3 is 1. The molecule has 9 nitrogen and oxygen atoms in total. The molecule has 0 aliphatic carbocycles. The van der Waals surface area contributed by atoms with Crippen LogP contribution in [0.15, 0.2) is 65.7 Å². The first-order valence-corrected chi connectivity index (χ1v) is 11.1. The summed E-state index contributed by atoms with van der Waals surface area (Å²) in [6.07, 6.45) is 2.97. The SMILES string of the molecule is COc1cc(C(N)=O)ccn1.O=C(O)c1ccc2c(c1)C(=O)/C(=C/c1ccc(Cl)cc1)[S+]([O-])N2. The van der Waals surface area contributed by atoms with Crippen LogP contribution in [0, 0.1) is 0 Å². The Morgan fingerprint density at radius 3 is 2.47 bits per heavy atom. The van der Waals surface area contributed by atoms with Crippen LogP contribution in [0.2, 0.25) is 5.02 Å². The number of carbonyl (C=O) groups excluding carboxylic acids is 2. The maximum Gasteiger partial charge on any atom is 0.335 e. The number of benzene rings is 2. The highest BCUT2D eigenvalue weighted by Gasteiger charge is 2.34. The molecular formula is C23H18ClN3O6S. The summed E-state index contributed by atoms with van der Waals surface area (Å²) in [4.78, 5) is 38.1. The number of fused-ring (bicyclic) bond motifs is 1. The molecule has 0 radical (unpaired) electrons. The molecule has 4 N–H and O–H groups in total. The van der Waals surface area contributed by atoms with Crippen molar-refractivity contribution in [3.63, 3.8) is 0 Å². The summed E-state index contributed by atoms with van der Waals surface area (Å²) in [6, 6.07) is 13.8. The molecule has 174 valence electrons. The van der Waals surface area contributed by atoms with Crippen LogP contribution in [0.25, 0.3) is 6.08 Å². The molecule has 11 heteroatoms. The average molecular weight is 500 g/mol. The van der Waals surface area contributed by atoms with Crippen molar-refractivity contribution >= 4 is 52.4 Å². The third-order valence-electron chi connectivity index (χ3n) is 4.53. The smallest absolute Gasteiger partial charge is 0.335 e. The fourth-order valence-corrected chi connectivity index (χ4v) is 3.96. The number of aromatic nitrogens is 1. The van der Waals surface area contributed by atoms with Crippen LogP contribution in [-0.2, 0) is 11.4 Å². The van der Waals surface area contributed by atoms with Crippen molar-refractivity contribution in [2.24, 2.45) is 5.73 Å². The molecule has 0 saturated carbocycles. The average Bonchev–Trinajstić information content (AvgIpc) is 2.83. The highest BCUT2D eigenvalue weighted by molar-refractivity contribution is 7.97. The van der Waals surface area contributed by atoms with E-state index >= 15 is 0 Å². The van der Waals surface area contributed by atoms with Crippen LogP contribution >= 0.6 is 11.6 Å². The first-order chi connectivity index (χ1) is 16.2. The number of halogens is 1. The minimum Gasteiger partial charge on any atom is -0.588 e. The van der Waals surface area contributed by atoms with Gasteiger partial charge >= 0.3 is 5.97 Å². The lowest BCUT2D eigenvalue weighted by molar-refractivity contribution is 0.0696. The zero-order valence-corrected chi connectivity index (χ0v) is 19.2. The maximum atomic E-state index is 12.6. The molecule has 2 heterocycles. The Kier molecular flexibility index (Phi) is 7.90. The third-order valence-corrected chi connectivity index (χ3v) is 5.89. The standard InChI is InChI=1S/C16H10ClNO4S.C7H8N2O2/c17-11-4-1-9(2-5-11)7-14-15(19)12-8-10(16(20)21)3-6-13(12)18-23(14)22;1-11-6-4-5(7(8)10)2-3-9-6/h1-8,18H,(H,20,21);2-4H,1H3,(H2,8,10)/b14-7-;. The molecule has 1 unspecified atom stereocenters. The lowest BCUT2D eigenvalue weighted by atomic mass is 10.0. The second-order valence-corrected chi connectivity index (χ2v) is 8.39. The summed E-state index contributed by atoms with van der Waals surface area (Å²) < 4.78 is 19.7. The van der Waals surface area contributed by atoms with E-state index in [2.05, 4.69) is 9.71 Å². The van der Waals surface area contributed by atoms with E-state index in [0.29, 0.717) is 27.7 Å². The summed E-state index contributed by atoms with van der Waals surface area (Å²) >= 11 is 4.10. The van der Waals surface area contributed by atoms with E-state index in [-0.39, 0.29) is 16.0 Å². The Balaban J connectivity index is 0.000000248. The molecule has 1 atom stereocenters. The molecule has 34 heavy (non-hydrogen) atoms. The minimum atomic E-state index is -1.71. The molecule has 2 aromatic carbocycles. The van der Waals surface area contributed by atoms with E-state index in [1.807, 2.05) is 0 Å². The van der Waals surface area contributed by atoms with E-state index < -0.39 is 29.0 Å². The van der Waals surface area contributed by atoms with Gasteiger partial charge in [0.15, 0.2) is 0 Å². The molecule has 3 aromatic rings. The van der Waals surface area contributed by atoms with Crippen LogP contribution in [0.4, 0.5) is 5.69 Å². The summed E-state index contributed by atoms with van der Waals surface area (Å²) in [6.45, 7) is 0. The number of carbonyl (C=O) groups is 3. The number of primary amides is 1. The zero-order chi connectivity index (χ0) is 24.8. The van der Waals surface area contributed by atoms with Gasteiger partial charge < -0.3 is 20.1 Å². The number of carboxylic acids is 1. The molecule has 1 amide bonds. The predicted octanol–water partition coefficient (Wildman–Crippen LogP) is 3.54. The van der Waals surface area contributed by atoms with Gasteiger partial charge in [-0.1, -0.05) is 23.7 Å². The van der Waals surface area contributed by atoms with Crippen molar-refractivity contribution in [2.75, 3.05) is 11.8 Å². The number of nitrogens with one attached hydrogen (secondary N) is 1. The quantitative estimate of drug-likeness (QED) is 0.363. The van der Waals surface area contributed by atoms with Crippen LogP contribution in [0.5, 0.6) is 5.88 Å². The summed E-state index contributed by atoms with van der Waals surface area (Å²) in [5, 5.41) is 9.59. The van der Waals surface area contributed by atoms with E-state index in [1.165, 1.54) is 49.7 Å². The number of hydrogen-bond donors (Lipinski definition) is 3. The lowest BCUT2D eigenvalue weighted by Crippen LogP contribution is -2.27. The fraction of sp³-hybridized carbons (Fsp3) is 0.0435. The number of carboxylic acid groups (broad SMARTS) is 1. The highest BCUT2D eigenvalue weighted by atomic mass is 35.5. The van der Waals surface area contributed by atoms with Gasteiger partial charge in [0.05, 0.1) is 23.9 Å². The number of anilines is 1. The molecule has 1 aliphatic rings. The molecule has 0 bridgehead atoms. The molecule has 0 spiro atoms. The van der Waals surface area contributed by atoms with Gasteiger partial charge in [-0.2, -0.15) is 0 Å². The van der Waals surface area contributed by atoms with Gasteiger partial charge in [-0.05, 0) is 42.0 Å². The number of nitrogens with zero attached hydrogens (tertiary/aromatic N) is 1. The number of amides is 1. The van der Waals surface area contributed by atoms with E-state index in [1.54, 1.807) is 24.3 Å².